The van der Waals surface area contributed by atoms with E-state index >= 15 is 0 Å². The van der Waals surface area contributed by atoms with Crippen LogP contribution in [-0.4, -0.2) is 31.8 Å². The first-order valence-corrected chi connectivity index (χ1v) is 7.09. The molecule has 124 valence electrons. The molecule has 7 heteroatoms. The van der Waals surface area contributed by atoms with Crippen LogP contribution < -0.4 is 15.4 Å². The predicted molar refractivity (Wildman–Crippen MR) is 81.1 cm³/mol. The van der Waals surface area contributed by atoms with Crippen LogP contribution in [0.2, 0.25) is 0 Å². The summed E-state index contributed by atoms with van der Waals surface area (Å²) >= 11 is 0. The molecule has 1 unspecified atom stereocenters. The highest BCUT2D eigenvalue weighted by atomic mass is 19.4. The Hall–Kier alpha value is -1.92. The summed E-state index contributed by atoms with van der Waals surface area (Å²) in [5.74, 6) is 0.884. The first-order valence-electron chi connectivity index (χ1n) is 7.09. The number of guanidine groups is 1. The van der Waals surface area contributed by atoms with Crippen LogP contribution in [0.5, 0.6) is 5.75 Å². The summed E-state index contributed by atoms with van der Waals surface area (Å²) in [5, 5.41) is 6.37. The molecule has 0 heterocycles. The second-order valence-corrected chi connectivity index (χ2v) is 4.93. The molecule has 0 aliphatic heterocycles. The Bertz CT molecular complexity index is 472. The number of nitrogens with one attached hydrogen (secondary N) is 2. The molecule has 22 heavy (non-hydrogen) atoms. The minimum absolute atomic E-state index is 0.197. The van der Waals surface area contributed by atoms with E-state index in [1.165, 1.54) is 12.1 Å². The van der Waals surface area contributed by atoms with Gasteiger partial charge >= 0.3 is 6.18 Å². The molecule has 0 fully saturated rings. The summed E-state index contributed by atoms with van der Waals surface area (Å²) in [6.07, 6.45) is -3.35. The van der Waals surface area contributed by atoms with Gasteiger partial charge < -0.3 is 15.4 Å². The summed E-state index contributed by atoms with van der Waals surface area (Å²) in [4.78, 5) is 4.11. The lowest BCUT2D eigenvalue weighted by Crippen LogP contribution is -2.41. The number of rotatable bonds is 6. The van der Waals surface area contributed by atoms with E-state index in [1.54, 1.807) is 19.2 Å². The minimum Gasteiger partial charge on any atom is -0.484 e. The third-order valence-corrected chi connectivity index (χ3v) is 3.00. The van der Waals surface area contributed by atoms with E-state index in [0.29, 0.717) is 18.5 Å². The van der Waals surface area contributed by atoms with E-state index in [1.807, 2.05) is 0 Å². The summed E-state index contributed by atoms with van der Waals surface area (Å²) in [6.45, 7) is 3.37. The SMILES string of the molecule is CCC(C)NC(=NC)NCc1ccc(OCC(F)(F)F)cc1. The summed E-state index contributed by atoms with van der Waals surface area (Å²) in [7, 11) is 1.69. The Kier molecular flexibility index (Phi) is 7.01. The van der Waals surface area contributed by atoms with Crippen LogP contribution in [0.4, 0.5) is 13.2 Å². The van der Waals surface area contributed by atoms with Crippen molar-refractivity contribution in [2.75, 3.05) is 13.7 Å². The molecular formula is C15H22F3N3O. The van der Waals surface area contributed by atoms with Gasteiger partial charge in [-0.15, -0.1) is 0 Å². The molecular weight excluding hydrogens is 295 g/mol. The zero-order chi connectivity index (χ0) is 16.6. The monoisotopic (exact) mass is 317 g/mol. The molecule has 0 spiro atoms. The van der Waals surface area contributed by atoms with Crippen molar-refractivity contribution in [3.8, 4) is 5.75 Å². The maximum Gasteiger partial charge on any atom is 0.422 e. The fourth-order valence-electron chi connectivity index (χ4n) is 1.58. The van der Waals surface area contributed by atoms with E-state index < -0.39 is 12.8 Å². The predicted octanol–water partition coefficient (Wildman–Crippen LogP) is 3.09. The van der Waals surface area contributed by atoms with Crippen LogP contribution in [0.25, 0.3) is 0 Å². The van der Waals surface area contributed by atoms with Crippen molar-refractivity contribution in [2.24, 2.45) is 4.99 Å². The topological polar surface area (TPSA) is 45.7 Å². The molecule has 0 saturated carbocycles. The van der Waals surface area contributed by atoms with Crippen LogP contribution in [0, 0.1) is 0 Å². The number of hydrogen-bond acceptors (Lipinski definition) is 2. The van der Waals surface area contributed by atoms with E-state index in [4.69, 9.17) is 0 Å². The lowest BCUT2D eigenvalue weighted by molar-refractivity contribution is -0.153. The number of nitrogens with zero attached hydrogens (tertiary/aromatic N) is 1. The molecule has 1 aromatic rings. The van der Waals surface area contributed by atoms with Crippen LogP contribution in [0.1, 0.15) is 25.8 Å². The van der Waals surface area contributed by atoms with Crippen LogP contribution >= 0.6 is 0 Å². The van der Waals surface area contributed by atoms with Gasteiger partial charge in [-0.2, -0.15) is 13.2 Å². The summed E-state index contributed by atoms with van der Waals surface area (Å²) in [6, 6.07) is 6.79. The zero-order valence-corrected chi connectivity index (χ0v) is 13.0. The molecule has 0 amide bonds. The molecule has 0 radical (unpaired) electrons. The van der Waals surface area contributed by atoms with Gasteiger partial charge in [-0.05, 0) is 31.0 Å². The lowest BCUT2D eigenvalue weighted by Gasteiger charge is -2.16. The number of ether oxygens (including phenoxy) is 1. The smallest absolute Gasteiger partial charge is 0.422 e. The van der Waals surface area contributed by atoms with Crippen molar-refractivity contribution in [1.82, 2.24) is 10.6 Å². The highest BCUT2D eigenvalue weighted by molar-refractivity contribution is 5.79. The Morgan fingerprint density at radius 1 is 1.27 bits per heavy atom. The molecule has 0 saturated heterocycles. The second kappa shape index (κ2) is 8.51. The van der Waals surface area contributed by atoms with Gasteiger partial charge in [0.1, 0.15) is 5.75 Å². The van der Waals surface area contributed by atoms with Gasteiger partial charge in [0.05, 0.1) is 0 Å². The average Bonchev–Trinajstić information content (AvgIpc) is 2.49. The highest BCUT2D eigenvalue weighted by Gasteiger charge is 2.28. The van der Waals surface area contributed by atoms with Crippen molar-refractivity contribution >= 4 is 5.96 Å². The molecule has 1 atom stereocenters. The van der Waals surface area contributed by atoms with Crippen molar-refractivity contribution in [3.05, 3.63) is 29.8 Å². The fourth-order valence-corrected chi connectivity index (χ4v) is 1.58. The van der Waals surface area contributed by atoms with Crippen molar-refractivity contribution in [2.45, 2.75) is 39.0 Å². The van der Waals surface area contributed by atoms with Crippen molar-refractivity contribution < 1.29 is 17.9 Å². The quantitative estimate of drug-likeness (QED) is 0.626. The van der Waals surface area contributed by atoms with Gasteiger partial charge in [0.2, 0.25) is 0 Å². The van der Waals surface area contributed by atoms with Gasteiger partial charge in [0.25, 0.3) is 0 Å². The zero-order valence-electron chi connectivity index (χ0n) is 13.0. The maximum atomic E-state index is 12.0. The molecule has 4 nitrogen and oxygen atoms in total. The third kappa shape index (κ3) is 7.19. The standard InChI is InChI=1S/C15H22F3N3O/c1-4-11(2)21-14(19-3)20-9-12-5-7-13(8-6-12)22-10-15(16,17)18/h5-8,11H,4,9-10H2,1-3H3,(H2,19,20,21). The Morgan fingerprint density at radius 3 is 2.41 bits per heavy atom. The van der Waals surface area contributed by atoms with E-state index in [2.05, 4.69) is 34.2 Å². The van der Waals surface area contributed by atoms with Gasteiger partial charge in [-0.25, -0.2) is 0 Å². The molecule has 1 aromatic carbocycles. The number of benzene rings is 1. The Morgan fingerprint density at radius 2 is 1.91 bits per heavy atom. The second-order valence-electron chi connectivity index (χ2n) is 4.93. The van der Waals surface area contributed by atoms with Gasteiger partial charge in [-0.3, -0.25) is 4.99 Å². The fraction of sp³-hybridized carbons (Fsp3) is 0.533. The van der Waals surface area contributed by atoms with Crippen molar-refractivity contribution in [3.63, 3.8) is 0 Å². The summed E-state index contributed by atoms with van der Waals surface area (Å²) < 4.78 is 40.8. The Balaban J connectivity index is 2.47. The van der Waals surface area contributed by atoms with E-state index in [9.17, 15) is 13.2 Å². The maximum absolute atomic E-state index is 12.0. The number of halogens is 3. The molecule has 0 aliphatic rings. The van der Waals surface area contributed by atoms with Gasteiger partial charge in [0.15, 0.2) is 12.6 Å². The lowest BCUT2D eigenvalue weighted by atomic mass is 10.2. The normalized spacial score (nSPS) is 13.6. The summed E-state index contributed by atoms with van der Waals surface area (Å²) in [5.41, 5.74) is 0.923. The molecule has 0 aliphatic carbocycles. The highest BCUT2D eigenvalue weighted by Crippen LogP contribution is 2.18. The average molecular weight is 317 g/mol. The van der Waals surface area contributed by atoms with E-state index in [-0.39, 0.29) is 5.75 Å². The van der Waals surface area contributed by atoms with Gasteiger partial charge in [-0.1, -0.05) is 19.1 Å². The van der Waals surface area contributed by atoms with Gasteiger partial charge in [0, 0.05) is 19.6 Å². The molecule has 2 N–H and O–H groups in total. The molecule has 0 aromatic heterocycles. The van der Waals surface area contributed by atoms with Crippen LogP contribution in [0.15, 0.2) is 29.3 Å². The third-order valence-electron chi connectivity index (χ3n) is 3.00. The first-order chi connectivity index (χ1) is 10.3. The molecule has 1 rings (SSSR count). The number of aliphatic imine (C=N–C) groups is 1. The van der Waals surface area contributed by atoms with Crippen LogP contribution in [0.3, 0.4) is 0 Å². The van der Waals surface area contributed by atoms with Crippen molar-refractivity contribution in [1.29, 1.82) is 0 Å². The molecule has 0 bridgehead atoms. The number of hydrogen-bond donors (Lipinski definition) is 2. The largest absolute Gasteiger partial charge is 0.484 e. The first kappa shape index (κ1) is 18.1. The Labute approximate surface area is 128 Å². The number of alkyl halides is 3. The minimum atomic E-state index is -4.33. The van der Waals surface area contributed by atoms with Crippen LogP contribution in [-0.2, 0) is 6.54 Å². The van der Waals surface area contributed by atoms with E-state index in [0.717, 1.165) is 12.0 Å².